The SMILES string of the molecule is COC1C=CC=NC1. The molecule has 0 aromatic carbocycles. The maximum absolute atomic E-state index is 4.99. The molecular weight excluding hydrogens is 102 g/mol. The molecule has 1 atom stereocenters. The molecule has 0 amide bonds. The third-order valence-corrected chi connectivity index (χ3v) is 1.11. The number of aliphatic imine (C=N–C) groups is 1. The Morgan fingerprint density at radius 3 is 3.00 bits per heavy atom. The van der Waals surface area contributed by atoms with Crippen molar-refractivity contribution in [2.45, 2.75) is 6.10 Å². The van der Waals surface area contributed by atoms with Crippen LogP contribution in [0.5, 0.6) is 0 Å². The van der Waals surface area contributed by atoms with Crippen molar-refractivity contribution in [2.75, 3.05) is 13.7 Å². The average Bonchev–Trinajstić information content (AvgIpc) is 1.90. The van der Waals surface area contributed by atoms with E-state index in [9.17, 15) is 0 Å². The van der Waals surface area contributed by atoms with Gasteiger partial charge in [-0.15, -0.1) is 0 Å². The number of ether oxygens (including phenoxy) is 1. The van der Waals surface area contributed by atoms with Gasteiger partial charge in [-0.2, -0.15) is 0 Å². The molecule has 0 saturated heterocycles. The average molecular weight is 111 g/mol. The Morgan fingerprint density at radius 2 is 2.62 bits per heavy atom. The van der Waals surface area contributed by atoms with Crippen molar-refractivity contribution in [1.29, 1.82) is 0 Å². The van der Waals surface area contributed by atoms with Crippen molar-refractivity contribution in [2.24, 2.45) is 4.99 Å². The molecule has 0 fully saturated rings. The zero-order valence-electron chi connectivity index (χ0n) is 4.87. The highest BCUT2D eigenvalue weighted by Gasteiger charge is 2.00. The number of nitrogens with zero attached hydrogens (tertiary/aromatic N) is 1. The van der Waals surface area contributed by atoms with Crippen LogP contribution in [0.2, 0.25) is 0 Å². The number of allylic oxidation sites excluding steroid dienone is 1. The fourth-order valence-corrected chi connectivity index (χ4v) is 0.613. The number of rotatable bonds is 1. The molecule has 0 aromatic heterocycles. The van der Waals surface area contributed by atoms with Crippen LogP contribution in [0.15, 0.2) is 17.1 Å². The lowest BCUT2D eigenvalue weighted by molar-refractivity contribution is 0.147. The van der Waals surface area contributed by atoms with Crippen LogP contribution in [0.3, 0.4) is 0 Å². The zero-order valence-corrected chi connectivity index (χ0v) is 4.87. The quantitative estimate of drug-likeness (QED) is 0.486. The van der Waals surface area contributed by atoms with E-state index in [1.165, 1.54) is 0 Å². The molecule has 1 aliphatic heterocycles. The zero-order chi connectivity index (χ0) is 5.82. The fourth-order valence-electron chi connectivity index (χ4n) is 0.613. The first kappa shape index (κ1) is 5.51. The Morgan fingerprint density at radius 1 is 1.75 bits per heavy atom. The van der Waals surface area contributed by atoms with E-state index >= 15 is 0 Å². The molecule has 0 bridgehead atoms. The summed E-state index contributed by atoms with van der Waals surface area (Å²) in [5.74, 6) is 0. The minimum Gasteiger partial charge on any atom is -0.375 e. The summed E-state index contributed by atoms with van der Waals surface area (Å²) in [4.78, 5) is 3.99. The normalized spacial score (nSPS) is 26.4. The monoisotopic (exact) mass is 111 g/mol. The highest BCUT2D eigenvalue weighted by Crippen LogP contribution is 1.95. The molecule has 2 heteroatoms. The second-order valence-corrected chi connectivity index (χ2v) is 1.67. The summed E-state index contributed by atoms with van der Waals surface area (Å²) in [6.45, 7) is 0.771. The van der Waals surface area contributed by atoms with Crippen LogP contribution >= 0.6 is 0 Å². The fraction of sp³-hybridized carbons (Fsp3) is 0.500. The van der Waals surface area contributed by atoms with E-state index in [-0.39, 0.29) is 6.10 Å². The topological polar surface area (TPSA) is 21.6 Å². The first-order chi connectivity index (χ1) is 3.93. The van der Waals surface area contributed by atoms with Crippen LogP contribution in [0, 0.1) is 0 Å². The maximum atomic E-state index is 4.99. The van der Waals surface area contributed by atoms with Crippen LogP contribution in [0.4, 0.5) is 0 Å². The summed E-state index contributed by atoms with van der Waals surface area (Å²) < 4.78 is 4.99. The van der Waals surface area contributed by atoms with Crippen molar-refractivity contribution in [1.82, 2.24) is 0 Å². The summed E-state index contributed by atoms with van der Waals surface area (Å²) in [5.41, 5.74) is 0. The Hall–Kier alpha value is -0.630. The first-order valence-corrected chi connectivity index (χ1v) is 2.63. The van der Waals surface area contributed by atoms with Crippen LogP contribution in [0.1, 0.15) is 0 Å². The third kappa shape index (κ3) is 1.17. The van der Waals surface area contributed by atoms with E-state index in [2.05, 4.69) is 4.99 Å². The molecule has 1 aliphatic rings. The first-order valence-electron chi connectivity index (χ1n) is 2.63. The lowest BCUT2D eigenvalue weighted by atomic mass is 10.3. The Kier molecular flexibility index (Phi) is 1.80. The van der Waals surface area contributed by atoms with Gasteiger partial charge in [0.25, 0.3) is 0 Å². The van der Waals surface area contributed by atoms with Gasteiger partial charge in [0.2, 0.25) is 0 Å². The van der Waals surface area contributed by atoms with E-state index in [1.807, 2.05) is 12.2 Å². The number of hydrogen-bond donors (Lipinski definition) is 0. The molecule has 0 aliphatic carbocycles. The van der Waals surface area contributed by atoms with Crippen LogP contribution in [-0.4, -0.2) is 26.0 Å². The summed E-state index contributed by atoms with van der Waals surface area (Å²) in [5, 5.41) is 0. The molecule has 44 valence electrons. The lowest BCUT2D eigenvalue weighted by Crippen LogP contribution is -2.13. The number of hydrogen-bond acceptors (Lipinski definition) is 2. The summed E-state index contributed by atoms with van der Waals surface area (Å²) in [6, 6.07) is 0. The molecule has 1 rings (SSSR count). The van der Waals surface area contributed by atoms with Gasteiger partial charge in [0.1, 0.15) is 0 Å². The predicted octanol–water partition coefficient (Wildman–Crippen LogP) is 0.642. The van der Waals surface area contributed by atoms with Crippen molar-refractivity contribution < 1.29 is 4.74 Å². The molecule has 1 heterocycles. The summed E-state index contributed by atoms with van der Waals surface area (Å²) in [7, 11) is 1.69. The Labute approximate surface area is 48.9 Å². The van der Waals surface area contributed by atoms with Crippen molar-refractivity contribution in [3.63, 3.8) is 0 Å². The maximum Gasteiger partial charge on any atom is 0.0950 e. The van der Waals surface area contributed by atoms with Gasteiger partial charge >= 0.3 is 0 Å². The summed E-state index contributed by atoms with van der Waals surface area (Å²) >= 11 is 0. The second kappa shape index (κ2) is 2.62. The van der Waals surface area contributed by atoms with E-state index in [0.717, 1.165) is 6.54 Å². The van der Waals surface area contributed by atoms with Gasteiger partial charge in [-0.1, -0.05) is 6.08 Å². The third-order valence-electron chi connectivity index (χ3n) is 1.11. The molecular formula is C6H9NO. The predicted molar refractivity (Wildman–Crippen MR) is 33.3 cm³/mol. The Balaban J connectivity index is 2.40. The van der Waals surface area contributed by atoms with Crippen LogP contribution < -0.4 is 0 Å². The molecule has 0 saturated carbocycles. The lowest BCUT2D eigenvalue weighted by Gasteiger charge is -2.08. The molecule has 0 spiro atoms. The molecule has 1 unspecified atom stereocenters. The largest absolute Gasteiger partial charge is 0.375 e. The van der Waals surface area contributed by atoms with Gasteiger partial charge in [-0.05, 0) is 6.08 Å². The molecule has 0 aromatic rings. The minimum atomic E-state index is 0.208. The molecule has 2 nitrogen and oxygen atoms in total. The number of methoxy groups -OCH3 is 1. The number of dihydropyridines is 1. The summed E-state index contributed by atoms with van der Waals surface area (Å²) in [6.07, 6.45) is 5.89. The van der Waals surface area contributed by atoms with Gasteiger partial charge < -0.3 is 4.74 Å². The van der Waals surface area contributed by atoms with E-state index in [0.29, 0.717) is 0 Å². The van der Waals surface area contributed by atoms with Gasteiger partial charge in [0, 0.05) is 13.3 Å². The minimum absolute atomic E-state index is 0.208. The molecule has 8 heavy (non-hydrogen) atoms. The molecule has 0 radical (unpaired) electrons. The van der Waals surface area contributed by atoms with Gasteiger partial charge in [-0.25, -0.2) is 0 Å². The van der Waals surface area contributed by atoms with Crippen molar-refractivity contribution in [3.8, 4) is 0 Å². The van der Waals surface area contributed by atoms with Crippen LogP contribution in [0.25, 0.3) is 0 Å². The van der Waals surface area contributed by atoms with E-state index in [1.54, 1.807) is 13.3 Å². The van der Waals surface area contributed by atoms with Crippen molar-refractivity contribution >= 4 is 6.21 Å². The standard InChI is InChI=1S/C6H9NO/c1-8-6-3-2-4-7-5-6/h2-4,6H,5H2,1H3. The van der Waals surface area contributed by atoms with Crippen LogP contribution in [-0.2, 0) is 4.74 Å². The smallest absolute Gasteiger partial charge is 0.0950 e. The Bertz CT molecular complexity index is 118. The highest BCUT2D eigenvalue weighted by atomic mass is 16.5. The van der Waals surface area contributed by atoms with Gasteiger partial charge in [0.05, 0.1) is 12.6 Å². The van der Waals surface area contributed by atoms with Gasteiger partial charge in [-0.3, -0.25) is 4.99 Å². The van der Waals surface area contributed by atoms with Gasteiger partial charge in [0.15, 0.2) is 0 Å². The molecule has 0 N–H and O–H groups in total. The van der Waals surface area contributed by atoms with E-state index < -0.39 is 0 Å². The van der Waals surface area contributed by atoms with E-state index in [4.69, 9.17) is 4.74 Å². The van der Waals surface area contributed by atoms with Crippen molar-refractivity contribution in [3.05, 3.63) is 12.2 Å². The second-order valence-electron chi connectivity index (χ2n) is 1.67. The highest BCUT2D eigenvalue weighted by molar-refractivity contribution is 5.72.